The first-order valence-corrected chi connectivity index (χ1v) is 7.15. The fourth-order valence-corrected chi connectivity index (χ4v) is 2.60. The van der Waals surface area contributed by atoms with Crippen molar-refractivity contribution in [2.24, 2.45) is 5.73 Å². The predicted molar refractivity (Wildman–Crippen MR) is 79.7 cm³/mol. The van der Waals surface area contributed by atoms with Gasteiger partial charge in [0.2, 0.25) is 5.91 Å². The smallest absolute Gasteiger partial charge is 0.312 e. The second-order valence-electron chi connectivity index (χ2n) is 6.35. The van der Waals surface area contributed by atoms with Crippen molar-refractivity contribution in [3.05, 3.63) is 35.4 Å². The molecule has 0 saturated carbocycles. The lowest BCUT2D eigenvalue weighted by molar-refractivity contribution is -0.141. The maximum atomic E-state index is 12.3. The highest BCUT2D eigenvalue weighted by atomic mass is 16.4. The van der Waals surface area contributed by atoms with Gasteiger partial charge in [-0.2, -0.15) is 0 Å². The largest absolute Gasteiger partial charge is 0.481 e. The number of hydrogen-bond donors (Lipinski definition) is 2. The third kappa shape index (κ3) is 3.82. The summed E-state index contributed by atoms with van der Waals surface area (Å²) in [7, 11) is 0. The Labute approximate surface area is 124 Å². The lowest BCUT2D eigenvalue weighted by Crippen LogP contribution is -2.42. The average Bonchev–Trinajstić information content (AvgIpc) is 2.42. The van der Waals surface area contributed by atoms with Crippen LogP contribution in [0.5, 0.6) is 0 Å². The van der Waals surface area contributed by atoms with Crippen LogP contribution in [0.4, 0.5) is 0 Å². The molecule has 1 atom stereocenters. The molecule has 0 spiro atoms. The minimum atomic E-state index is -0.890. The Balaban J connectivity index is 2.14. The predicted octanol–water partition coefficient (Wildman–Crippen LogP) is 1.71. The third-order valence-corrected chi connectivity index (χ3v) is 3.83. The molecule has 0 saturated heterocycles. The molecule has 1 amide bonds. The van der Waals surface area contributed by atoms with Crippen LogP contribution in [0.25, 0.3) is 0 Å². The van der Waals surface area contributed by atoms with E-state index >= 15 is 0 Å². The van der Waals surface area contributed by atoms with Crippen LogP contribution in [0.1, 0.15) is 43.7 Å². The molecule has 5 nitrogen and oxygen atoms in total. The number of aliphatic carboxylic acids is 1. The van der Waals surface area contributed by atoms with E-state index in [1.165, 1.54) is 0 Å². The van der Waals surface area contributed by atoms with Crippen LogP contribution >= 0.6 is 0 Å². The van der Waals surface area contributed by atoms with Crippen molar-refractivity contribution in [1.82, 2.24) is 4.90 Å². The van der Waals surface area contributed by atoms with E-state index < -0.39 is 17.4 Å². The van der Waals surface area contributed by atoms with Crippen molar-refractivity contribution in [1.29, 1.82) is 0 Å². The number of nitrogens with zero attached hydrogens (tertiary/aromatic N) is 1. The molecule has 1 aromatic rings. The van der Waals surface area contributed by atoms with Crippen molar-refractivity contribution in [2.75, 3.05) is 6.54 Å². The lowest BCUT2D eigenvalue weighted by Gasteiger charge is -2.33. The van der Waals surface area contributed by atoms with Gasteiger partial charge in [0, 0.05) is 25.0 Å². The number of hydrogen-bond acceptors (Lipinski definition) is 3. The summed E-state index contributed by atoms with van der Waals surface area (Å²) in [5.41, 5.74) is 7.23. The Bertz CT molecular complexity index is 549. The monoisotopic (exact) mass is 290 g/mol. The summed E-state index contributed by atoms with van der Waals surface area (Å²) in [4.78, 5) is 25.4. The minimum absolute atomic E-state index is 0.0331. The average molecular weight is 290 g/mol. The molecule has 3 N–H and O–H groups in total. The van der Waals surface area contributed by atoms with E-state index in [0.29, 0.717) is 19.4 Å². The fraction of sp³-hybridized carbons (Fsp3) is 0.500. The summed E-state index contributed by atoms with van der Waals surface area (Å²) >= 11 is 0. The Morgan fingerprint density at radius 2 is 2.05 bits per heavy atom. The van der Waals surface area contributed by atoms with Crippen LogP contribution in [0, 0.1) is 0 Å². The van der Waals surface area contributed by atoms with E-state index in [1.54, 1.807) is 4.90 Å². The molecular weight excluding hydrogens is 268 g/mol. The number of carbonyl (C=O) groups is 2. The number of rotatable bonds is 4. The van der Waals surface area contributed by atoms with Crippen molar-refractivity contribution < 1.29 is 14.7 Å². The summed E-state index contributed by atoms with van der Waals surface area (Å²) in [6, 6.07) is 7.43. The van der Waals surface area contributed by atoms with Gasteiger partial charge in [-0.25, -0.2) is 0 Å². The maximum Gasteiger partial charge on any atom is 0.312 e. The van der Waals surface area contributed by atoms with Crippen LogP contribution in [0.2, 0.25) is 0 Å². The summed E-state index contributed by atoms with van der Waals surface area (Å²) in [6.07, 6.45) is 0.930. The molecule has 0 bridgehead atoms. The highest BCUT2D eigenvalue weighted by Gasteiger charge is 2.32. The van der Waals surface area contributed by atoms with Crippen molar-refractivity contribution in [3.63, 3.8) is 0 Å². The second-order valence-corrected chi connectivity index (χ2v) is 6.35. The summed E-state index contributed by atoms with van der Waals surface area (Å²) in [5, 5.41) is 9.39. The van der Waals surface area contributed by atoms with Gasteiger partial charge in [-0.05, 0) is 31.4 Å². The van der Waals surface area contributed by atoms with Crippen molar-refractivity contribution in [3.8, 4) is 0 Å². The zero-order valence-corrected chi connectivity index (χ0v) is 12.5. The van der Waals surface area contributed by atoms with E-state index in [1.807, 2.05) is 38.1 Å². The summed E-state index contributed by atoms with van der Waals surface area (Å²) in [5.74, 6) is -1.57. The van der Waals surface area contributed by atoms with Crippen LogP contribution in [0.15, 0.2) is 24.3 Å². The van der Waals surface area contributed by atoms with E-state index in [0.717, 1.165) is 11.1 Å². The molecule has 114 valence electrons. The zero-order valence-electron chi connectivity index (χ0n) is 12.5. The topological polar surface area (TPSA) is 83.6 Å². The summed E-state index contributed by atoms with van der Waals surface area (Å²) < 4.78 is 0. The highest BCUT2D eigenvalue weighted by Crippen LogP contribution is 2.29. The molecule has 1 aromatic carbocycles. The number of nitrogens with two attached hydrogens (primary N) is 1. The number of carboxylic acids is 1. The van der Waals surface area contributed by atoms with Gasteiger partial charge in [0.15, 0.2) is 0 Å². The van der Waals surface area contributed by atoms with Gasteiger partial charge < -0.3 is 15.7 Å². The van der Waals surface area contributed by atoms with Gasteiger partial charge in [-0.3, -0.25) is 9.59 Å². The molecule has 0 aliphatic carbocycles. The maximum absolute atomic E-state index is 12.3. The molecular formula is C16H22N2O3. The van der Waals surface area contributed by atoms with Gasteiger partial charge in [0.25, 0.3) is 0 Å². The second kappa shape index (κ2) is 5.85. The van der Waals surface area contributed by atoms with E-state index in [2.05, 4.69) is 0 Å². The minimum Gasteiger partial charge on any atom is -0.481 e. The van der Waals surface area contributed by atoms with Crippen LogP contribution in [0.3, 0.4) is 0 Å². The quantitative estimate of drug-likeness (QED) is 0.884. The van der Waals surface area contributed by atoms with E-state index in [4.69, 9.17) is 5.73 Å². The number of carbonyl (C=O) groups excluding carboxylic acids is 1. The first-order chi connectivity index (χ1) is 9.78. The first kappa shape index (κ1) is 15.5. The van der Waals surface area contributed by atoms with Gasteiger partial charge in [-0.1, -0.05) is 24.3 Å². The molecule has 21 heavy (non-hydrogen) atoms. The summed E-state index contributed by atoms with van der Waals surface area (Å²) in [6.45, 7) is 4.47. The Morgan fingerprint density at radius 1 is 1.38 bits per heavy atom. The standard InChI is InChI=1S/C16H22N2O3/c1-16(2,17)8-7-14(19)18-9-11-5-3-4-6-12(11)13(10-18)15(20)21/h3-6,13H,7-10,17H2,1-2H3,(H,20,21). The molecule has 1 heterocycles. The first-order valence-electron chi connectivity index (χ1n) is 7.15. The van der Waals surface area contributed by atoms with Gasteiger partial charge >= 0.3 is 5.97 Å². The van der Waals surface area contributed by atoms with Crippen molar-refractivity contribution in [2.45, 2.75) is 44.7 Å². The van der Waals surface area contributed by atoms with E-state index in [9.17, 15) is 14.7 Å². The van der Waals surface area contributed by atoms with Gasteiger partial charge in [-0.15, -0.1) is 0 Å². The Hall–Kier alpha value is -1.88. The Morgan fingerprint density at radius 3 is 2.67 bits per heavy atom. The number of benzene rings is 1. The molecule has 1 aliphatic heterocycles. The van der Waals surface area contributed by atoms with Gasteiger partial charge in [0.1, 0.15) is 0 Å². The van der Waals surface area contributed by atoms with Crippen molar-refractivity contribution >= 4 is 11.9 Å². The van der Waals surface area contributed by atoms with Crippen LogP contribution in [-0.4, -0.2) is 34.0 Å². The fourth-order valence-electron chi connectivity index (χ4n) is 2.60. The molecule has 0 aromatic heterocycles. The molecule has 0 fully saturated rings. The Kier molecular flexibility index (Phi) is 4.32. The number of fused-ring (bicyclic) bond motifs is 1. The zero-order chi connectivity index (χ0) is 15.6. The molecule has 2 rings (SSSR count). The molecule has 5 heteroatoms. The molecule has 1 unspecified atom stereocenters. The van der Waals surface area contributed by atoms with E-state index in [-0.39, 0.29) is 12.5 Å². The lowest BCUT2D eigenvalue weighted by atomic mass is 9.89. The SMILES string of the molecule is CC(C)(N)CCC(=O)N1Cc2ccccc2C(C(=O)O)C1. The van der Waals surface area contributed by atoms with Gasteiger partial charge in [0.05, 0.1) is 5.92 Å². The normalized spacial score (nSPS) is 18.2. The third-order valence-electron chi connectivity index (χ3n) is 3.83. The molecule has 1 aliphatic rings. The molecule has 0 radical (unpaired) electrons. The number of carboxylic acid groups (broad SMARTS) is 1. The van der Waals surface area contributed by atoms with Crippen LogP contribution in [-0.2, 0) is 16.1 Å². The van der Waals surface area contributed by atoms with Crippen LogP contribution < -0.4 is 5.73 Å². The highest BCUT2D eigenvalue weighted by molar-refractivity contribution is 5.81. The number of amides is 1.